The number of hydrogen-bond acceptors (Lipinski definition) is 9. The van der Waals surface area contributed by atoms with Crippen LogP contribution < -0.4 is 15.7 Å². The van der Waals surface area contributed by atoms with Gasteiger partial charge < -0.3 is 34.9 Å². The van der Waals surface area contributed by atoms with Gasteiger partial charge in [0, 0.05) is 12.1 Å². The van der Waals surface area contributed by atoms with E-state index >= 15 is 0 Å². The van der Waals surface area contributed by atoms with Gasteiger partial charge in [-0.25, -0.2) is 14.9 Å². The average molecular weight is 664 g/mol. The molecule has 0 aromatic carbocycles. The van der Waals surface area contributed by atoms with E-state index in [1.807, 2.05) is 0 Å². The van der Waals surface area contributed by atoms with E-state index in [9.17, 15) is 29.0 Å². The van der Waals surface area contributed by atoms with Gasteiger partial charge in [0.2, 0.25) is 5.28 Å². The Morgan fingerprint density at radius 2 is 1.77 bits per heavy atom. The topological polar surface area (TPSA) is 241 Å². The number of aliphatic hydroxyl groups excluding tert-OH is 2. The van der Waals surface area contributed by atoms with Crippen LogP contribution in [0, 0.1) is 16.7 Å². The SMILES string of the molecule is C[C@]12C[C@@H]3C[C@](C)(C1)C[C@@](NC(=O)Nc1nc(Cl)nc4c1ncn4C1OC(CNP(=O)(O)CP(=O)(O)O)C(O)C1O)(C3)C2. The van der Waals surface area contributed by atoms with Crippen LogP contribution in [0.25, 0.3) is 11.2 Å². The van der Waals surface area contributed by atoms with E-state index in [-0.39, 0.29) is 38.6 Å². The summed E-state index contributed by atoms with van der Waals surface area (Å²) in [6.45, 7) is 4.12. The third kappa shape index (κ3) is 6.24. The highest BCUT2D eigenvalue weighted by Crippen LogP contribution is 2.66. The summed E-state index contributed by atoms with van der Waals surface area (Å²) in [7, 11) is -9.28. The molecular formula is C24H36ClN7O9P2. The lowest BCUT2D eigenvalue weighted by Crippen LogP contribution is -2.65. The first-order valence-corrected chi connectivity index (χ1v) is 18.0. The van der Waals surface area contributed by atoms with Gasteiger partial charge in [-0.2, -0.15) is 9.97 Å². The summed E-state index contributed by atoms with van der Waals surface area (Å²) in [6, 6.07) is -0.442. The first kappa shape index (κ1) is 31.3. The number of hydrogen-bond donors (Lipinski definition) is 8. The second-order valence-electron chi connectivity index (χ2n) is 13.6. The van der Waals surface area contributed by atoms with Crippen LogP contribution in [0.1, 0.15) is 58.6 Å². The molecule has 7 rings (SSSR count). The summed E-state index contributed by atoms with van der Waals surface area (Å²) < 4.78 is 30.3. The number of carbonyl (C=O) groups excluding carboxylic acids is 1. The van der Waals surface area contributed by atoms with Gasteiger partial charge >= 0.3 is 13.6 Å². The quantitative estimate of drug-likeness (QED) is 0.149. The highest BCUT2D eigenvalue weighted by Gasteiger charge is 2.60. The molecule has 1 aliphatic heterocycles. The molecule has 16 nitrogen and oxygen atoms in total. The Kier molecular flexibility index (Phi) is 7.57. The van der Waals surface area contributed by atoms with Crippen LogP contribution in [0.2, 0.25) is 5.28 Å². The number of aliphatic hydroxyl groups is 2. The molecule has 9 atom stereocenters. The van der Waals surface area contributed by atoms with Gasteiger partial charge in [-0.05, 0) is 66.9 Å². The molecule has 2 aromatic rings. The molecule has 238 valence electrons. The molecule has 4 saturated carbocycles. The van der Waals surface area contributed by atoms with Crippen molar-refractivity contribution in [3.63, 3.8) is 0 Å². The summed E-state index contributed by atoms with van der Waals surface area (Å²) >= 11 is 6.21. The summed E-state index contributed by atoms with van der Waals surface area (Å²) in [5, 5.41) is 29.2. The number of anilines is 1. The maximum atomic E-state index is 13.3. The monoisotopic (exact) mass is 663 g/mol. The molecule has 43 heavy (non-hydrogen) atoms. The average Bonchev–Trinajstić information content (AvgIpc) is 3.34. The minimum atomic E-state index is -4.80. The van der Waals surface area contributed by atoms with E-state index in [1.54, 1.807) is 0 Å². The maximum Gasteiger partial charge on any atom is 0.336 e. The lowest BCUT2D eigenvalue weighted by atomic mass is 9.43. The first-order valence-electron chi connectivity index (χ1n) is 14.0. The van der Waals surface area contributed by atoms with Crippen LogP contribution in [0.15, 0.2) is 6.33 Å². The predicted molar refractivity (Wildman–Crippen MR) is 153 cm³/mol. The number of amides is 2. The number of nitrogens with zero attached hydrogens (tertiary/aromatic N) is 4. The molecule has 8 N–H and O–H groups in total. The Hall–Kier alpha value is -1.71. The Morgan fingerprint density at radius 3 is 2.40 bits per heavy atom. The molecule has 0 radical (unpaired) electrons. The lowest BCUT2D eigenvalue weighted by molar-refractivity contribution is -0.113. The van der Waals surface area contributed by atoms with E-state index in [0.29, 0.717) is 5.92 Å². The standard InChI is InChI=1S/C24H36ClN7O9P2/c1-22-3-12-4-23(2,7-22)9-24(5-12,8-22)31-21(35)29-17-14-18(30-20(25)28-17)32(10-26-14)19-16(34)15(33)13(41-19)6-27-42(36,37)11-43(38,39)40/h10,12-13,15-16,19,33-34H,3-9,11H2,1-2H3,(H2,27,36,37)(H2,38,39,40)(H2,28,29,30,31,35)/t12-,13?,15?,16?,19?,22+,23-,24-. The predicted octanol–water partition coefficient (Wildman–Crippen LogP) is 1.88. The third-order valence-corrected chi connectivity index (χ3v) is 13.0. The second-order valence-corrected chi connectivity index (χ2v) is 18.1. The van der Waals surface area contributed by atoms with Crippen molar-refractivity contribution in [2.75, 3.05) is 17.8 Å². The zero-order valence-corrected chi connectivity index (χ0v) is 26.1. The van der Waals surface area contributed by atoms with Gasteiger partial charge in [0.05, 0.1) is 6.33 Å². The minimum absolute atomic E-state index is 0.0401. The van der Waals surface area contributed by atoms with Gasteiger partial charge in [-0.15, -0.1) is 0 Å². The second kappa shape index (κ2) is 10.4. The molecule has 1 saturated heterocycles. The van der Waals surface area contributed by atoms with Gasteiger partial charge in [0.25, 0.3) is 7.52 Å². The number of ether oxygens (including phenoxy) is 1. The molecule has 3 heterocycles. The summed E-state index contributed by atoms with van der Waals surface area (Å²) in [4.78, 5) is 53.9. The lowest BCUT2D eigenvalue weighted by Gasteiger charge is -2.65. The fourth-order valence-electron chi connectivity index (χ4n) is 8.79. The van der Waals surface area contributed by atoms with Crippen molar-refractivity contribution in [1.29, 1.82) is 0 Å². The van der Waals surface area contributed by atoms with Crippen LogP contribution in [0.5, 0.6) is 0 Å². The van der Waals surface area contributed by atoms with Crippen molar-refractivity contribution in [3.8, 4) is 0 Å². The zero-order valence-electron chi connectivity index (χ0n) is 23.6. The van der Waals surface area contributed by atoms with Crippen molar-refractivity contribution < 1.29 is 43.6 Å². The first-order chi connectivity index (χ1) is 19.9. The largest absolute Gasteiger partial charge is 0.387 e. The minimum Gasteiger partial charge on any atom is -0.387 e. The molecule has 5 aliphatic rings. The number of halogens is 1. The van der Waals surface area contributed by atoms with E-state index in [1.165, 1.54) is 23.7 Å². The Morgan fingerprint density at radius 1 is 1.09 bits per heavy atom. The smallest absolute Gasteiger partial charge is 0.336 e. The summed E-state index contributed by atoms with van der Waals surface area (Å²) in [5.74, 6) is -0.691. The molecule has 2 amide bonds. The number of fused-ring (bicyclic) bond motifs is 1. The number of nitrogens with one attached hydrogen (secondary N) is 3. The summed E-state index contributed by atoms with van der Waals surface area (Å²) in [6.07, 6.45) is 1.94. The van der Waals surface area contributed by atoms with Gasteiger partial charge in [0.15, 0.2) is 23.2 Å². The van der Waals surface area contributed by atoms with Crippen molar-refractivity contribution in [2.45, 2.75) is 82.5 Å². The van der Waals surface area contributed by atoms with Crippen molar-refractivity contribution in [3.05, 3.63) is 11.6 Å². The fourth-order valence-corrected chi connectivity index (χ4v) is 11.8. The Balaban J connectivity index is 1.18. The molecule has 19 heteroatoms. The van der Waals surface area contributed by atoms with E-state index in [2.05, 4.69) is 44.5 Å². The van der Waals surface area contributed by atoms with Gasteiger partial charge in [0.1, 0.15) is 24.2 Å². The number of rotatable bonds is 8. The van der Waals surface area contributed by atoms with Crippen LogP contribution in [-0.4, -0.2) is 86.7 Å². The fraction of sp³-hybridized carbons (Fsp3) is 0.750. The third-order valence-electron chi connectivity index (χ3n) is 9.16. The number of carbonyl (C=O) groups is 1. The van der Waals surface area contributed by atoms with Crippen LogP contribution in [0.3, 0.4) is 0 Å². The number of urea groups is 1. The molecule has 5 fully saturated rings. The molecule has 2 aromatic heterocycles. The zero-order chi connectivity index (χ0) is 31.2. The Bertz CT molecular complexity index is 1540. The molecular weight excluding hydrogens is 628 g/mol. The van der Waals surface area contributed by atoms with Crippen LogP contribution >= 0.6 is 26.7 Å². The van der Waals surface area contributed by atoms with E-state index in [4.69, 9.17) is 26.1 Å². The van der Waals surface area contributed by atoms with Crippen molar-refractivity contribution in [1.82, 2.24) is 29.9 Å². The molecule has 4 aliphatic carbocycles. The van der Waals surface area contributed by atoms with Crippen molar-refractivity contribution >= 4 is 49.7 Å². The van der Waals surface area contributed by atoms with E-state index in [0.717, 1.165) is 25.7 Å². The maximum absolute atomic E-state index is 13.3. The van der Waals surface area contributed by atoms with Crippen molar-refractivity contribution in [2.24, 2.45) is 16.7 Å². The highest BCUT2D eigenvalue weighted by atomic mass is 35.5. The van der Waals surface area contributed by atoms with E-state index < -0.39 is 58.1 Å². The van der Waals surface area contributed by atoms with Gasteiger partial charge in [-0.3, -0.25) is 19.0 Å². The molecule has 4 bridgehead atoms. The molecule has 0 spiro atoms. The Labute approximate surface area is 251 Å². The van der Waals surface area contributed by atoms with Crippen LogP contribution in [-0.2, 0) is 13.9 Å². The number of imidazole rings is 1. The number of aromatic nitrogens is 4. The van der Waals surface area contributed by atoms with Crippen LogP contribution in [0.4, 0.5) is 10.6 Å². The normalized spacial score (nSPS) is 38.4. The summed E-state index contributed by atoms with van der Waals surface area (Å²) in [5.41, 5.74) is 0.313. The highest BCUT2D eigenvalue weighted by molar-refractivity contribution is 7.71. The van der Waals surface area contributed by atoms with Gasteiger partial charge in [-0.1, -0.05) is 13.8 Å². The molecule has 5 unspecified atom stereocenters.